The maximum atomic E-state index is 13.8. The zero-order valence-electron chi connectivity index (χ0n) is 18.6. The molecular formula is C25H29N3O3S. The van der Waals surface area contributed by atoms with Crippen molar-refractivity contribution in [3.8, 4) is 5.75 Å². The molecule has 3 heterocycles. The van der Waals surface area contributed by atoms with Crippen LogP contribution in [0.2, 0.25) is 0 Å². The van der Waals surface area contributed by atoms with Crippen LogP contribution in [0, 0.1) is 0 Å². The third-order valence-electron chi connectivity index (χ3n) is 6.72. The number of nitrogens with zero attached hydrogens (tertiary/aromatic N) is 2. The fourth-order valence-corrected chi connectivity index (χ4v) is 5.94. The second-order valence-corrected chi connectivity index (χ2v) is 9.84. The summed E-state index contributed by atoms with van der Waals surface area (Å²) in [4.78, 5) is 30.3. The molecule has 7 heteroatoms. The Morgan fingerprint density at radius 2 is 1.94 bits per heavy atom. The monoisotopic (exact) mass is 451 g/mol. The standard InChI is InChI=1S/C25H29N3O3S/c1-3-31-20-11-9-19(10-12-20)28-22(29)21-15-17-13-14-32-23(17)27(21)16-25(28,2)24(30)26-18-7-5-4-6-8-18/h9-15,18H,3-8,16H2,1-2H3,(H,26,30)/t25-/m0/s1. The normalized spacial score (nSPS) is 21.6. The van der Waals surface area contributed by atoms with Gasteiger partial charge >= 0.3 is 0 Å². The molecule has 1 aliphatic carbocycles. The molecule has 0 radical (unpaired) electrons. The molecule has 6 nitrogen and oxygen atoms in total. The number of hydrogen-bond acceptors (Lipinski definition) is 4. The van der Waals surface area contributed by atoms with Crippen molar-refractivity contribution in [1.29, 1.82) is 0 Å². The van der Waals surface area contributed by atoms with Crippen molar-refractivity contribution in [2.24, 2.45) is 0 Å². The van der Waals surface area contributed by atoms with Gasteiger partial charge in [-0.25, -0.2) is 0 Å². The Morgan fingerprint density at radius 3 is 2.66 bits per heavy atom. The van der Waals surface area contributed by atoms with E-state index in [0.717, 1.165) is 41.6 Å². The van der Waals surface area contributed by atoms with Crippen molar-refractivity contribution in [2.75, 3.05) is 11.5 Å². The zero-order valence-corrected chi connectivity index (χ0v) is 19.4. The molecule has 0 unspecified atom stereocenters. The summed E-state index contributed by atoms with van der Waals surface area (Å²) >= 11 is 1.61. The smallest absolute Gasteiger partial charge is 0.275 e. The first-order valence-corrected chi connectivity index (χ1v) is 12.3. The first-order valence-electron chi connectivity index (χ1n) is 11.5. The molecule has 1 aromatic carbocycles. The number of carbonyl (C=O) groups excluding carboxylic acids is 2. The number of anilines is 1. The first-order chi connectivity index (χ1) is 15.5. The summed E-state index contributed by atoms with van der Waals surface area (Å²) in [5, 5.41) is 6.35. The molecule has 5 rings (SSSR count). The van der Waals surface area contributed by atoms with Crippen molar-refractivity contribution < 1.29 is 14.3 Å². The summed E-state index contributed by atoms with van der Waals surface area (Å²) in [6.45, 7) is 4.83. The average molecular weight is 452 g/mol. The summed E-state index contributed by atoms with van der Waals surface area (Å²) in [5.41, 5.74) is 0.296. The summed E-state index contributed by atoms with van der Waals surface area (Å²) in [7, 11) is 0. The van der Waals surface area contributed by atoms with Gasteiger partial charge in [0.15, 0.2) is 0 Å². The summed E-state index contributed by atoms with van der Waals surface area (Å²) in [6, 6.07) is 11.6. The van der Waals surface area contributed by atoms with E-state index in [-0.39, 0.29) is 17.9 Å². The van der Waals surface area contributed by atoms with Gasteiger partial charge in [-0.3, -0.25) is 14.5 Å². The predicted octanol–water partition coefficient (Wildman–Crippen LogP) is 4.97. The lowest BCUT2D eigenvalue weighted by Gasteiger charge is -2.44. The maximum Gasteiger partial charge on any atom is 0.275 e. The van der Waals surface area contributed by atoms with Crippen molar-refractivity contribution in [3.63, 3.8) is 0 Å². The minimum atomic E-state index is -1.04. The number of fused-ring (bicyclic) bond motifs is 3. The summed E-state index contributed by atoms with van der Waals surface area (Å²) in [5.74, 6) is 0.513. The van der Waals surface area contributed by atoms with E-state index in [2.05, 4.69) is 5.32 Å². The number of rotatable bonds is 5. The van der Waals surface area contributed by atoms with Crippen LogP contribution in [0.4, 0.5) is 5.69 Å². The number of benzene rings is 1. The molecule has 3 aromatic rings. The van der Waals surface area contributed by atoms with Gasteiger partial charge in [0.05, 0.1) is 13.2 Å². The molecule has 0 spiro atoms. The number of ether oxygens (including phenoxy) is 1. The van der Waals surface area contributed by atoms with Gasteiger partial charge < -0.3 is 14.6 Å². The fraction of sp³-hybridized carbons (Fsp3) is 0.440. The highest BCUT2D eigenvalue weighted by molar-refractivity contribution is 7.16. The number of hydrogen-bond donors (Lipinski definition) is 1. The van der Waals surface area contributed by atoms with Crippen LogP contribution >= 0.6 is 11.3 Å². The van der Waals surface area contributed by atoms with E-state index in [0.29, 0.717) is 24.5 Å². The quantitative estimate of drug-likeness (QED) is 0.596. The van der Waals surface area contributed by atoms with E-state index in [9.17, 15) is 9.59 Å². The molecule has 2 aromatic heterocycles. The van der Waals surface area contributed by atoms with Crippen LogP contribution in [-0.4, -0.2) is 34.6 Å². The Bertz CT molecular complexity index is 1140. The van der Waals surface area contributed by atoms with Gasteiger partial charge in [0.25, 0.3) is 5.91 Å². The molecule has 2 aliphatic rings. The van der Waals surface area contributed by atoms with Crippen molar-refractivity contribution in [2.45, 2.75) is 64.1 Å². The number of carbonyl (C=O) groups is 2. The Hall–Kier alpha value is -2.80. The van der Waals surface area contributed by atoms with Crippen LogP contribution in [-0.2, 0) is 11.3 Å². The third-order valence-corrected chi connectivity index (χ3v) is 7.67. The highest BCUT2D eigenvalue weighted by atomic mass is 32.1. The second-order valence-electron chi connectivity index (χ2n) is 8.95. The lowest BCUT2D eigenvalue weighted by molar-refractivity contribution is -0.127. The van der Waals surface area contributed by atoms with Gasteiger partial charge in [-0.05, 0) is 68.5 Å². The van der Waals surface area contributed by atoms with Gasteiger partial charge in [-0.1, -0.05) is 19.3 Å². The minimum Gasteiger partial charge on any atom is -0.494 e. The average Bonchev–Trinajstić information content (AvgIpc) is 3.38. The first kappa shape index (κ1) is 21.1. The SMILES string of the molecule is CCOc1ccc(N2C(=O)c3cc4ccsc4n3C[C@@]2(C)C(=O)NC2CCCCC2)cc1. The lowest BCUT2D eigenvalue weighted by atomic mass is 9.91. The van der Waals surface area contributed by atoms with Gasteiger partial charge in [0.1, 0.15) is 21.8 Å². The Kier molecular flexibility index (Phi) is 5.45. The highest BCUT2D eigenvalue weighted by Crippen LogP contribution is 2.38. The minimum absolute atomic E-state index is 0.0873. The number of nitrogens with one attached hydrogen (secondary N) is 1. The third kappa shape index (κ3) is 3.48. The number of thiophene rings is 1. The van der Waals surface area contributed by atoms with Gasteiger partial charge in [-0.2, -0.15) is 0 Å². The molecule has 1 saturated carbocycles. The van der Waals surface area contributed by atoms with Crippen LogP contribution in [0.15, 0.2) is 41.8 Å². The van der Waals surface area contributed by atoms with Crippen LogP contribution in [0.25, 0.3) is 10.2 Å². The molecule has 0 bridgehead atoms. The Balaban J connectivity index is 1.56. The Morgan fingerprint density at radius 1 is 1.19 bits per heavy atom. The molecule has 168 valence electrons. The molecule has 1 N–H and O–H groups in total. The molecule has 0 saturated heterocycles. The van der Waals surface area contributed by atoms with Crippen LogP contribution in [0.3, 0.4) is 0 Å². The summed E-state index contributed by atoms with van der Waals surface area (Å²) in [6.07, 6.45) is 5.51. The summed E-state index contributed by atoms with van der Waals surface area (Å²) < 4.78 is 7.60. The van der Waals surface area contributed by atoms with Crippen LogP contribution < -0.4 is 15.0 Å². The molecule has 2 amide bonds. The second kappa shape index (κ2) is 8.28. The van der Waals surface area contributed by atoms with E-state index < -0.39 is 5.54 Å². The zero-order chi connectivity index (χ0) is 22.3. The Labute approximate surface area is 192 Å². The topological polar surface area (TPSA) is 63.6 Å². The molecular weight excluding hydrogens is 422 g/mol. The van der Waals surface area contributed by atoms with E-state index in [1.165, 1.54) is 6.42 Å². The lowest BCUT2D eigenvalue weighted by Crippen LogP contribution is -2.65. The van der Waals surface area contributed by atoms with Crippen molar-refractivity contribution in [3.05, 3.63) is 47.5 Å². The molecule has 1 atom stereocenters. The predicted molar refractivity (Wildman–Crippen MR) is 128 cm³/mol. The van der Waals surface area contributed by atoms with E-state index in [1.54, 1.807) is 16.2 Å². The largest absolute Gasteiger partial charge is 0.494 e. The fourth-order valence-electron chi connectivity index (χ4n) is 5.05. The maximum absolute atomic E-state index is 13.8. The highest BCUT2D eigenvalue weighted by Gasteiger charge is 2.49. The molecule has 32 heavy (non-hydrogen) atoms. The van der Waals surface area contributed by atoms with Crippen molar-refractivity contribution in [1.82, 2.24) is 9.88 Å². The van der Waals surface area contributed by atoms with Crippen molar-refractivity contribution >= 4 is 39.1 Å². The van der Waals surface area contributed by atoms with Gasteiger partial charge in [0.2, 0.25) is 5.91 Å². The number of amides is 2. The van der Waals surface area contributed by atoms with Gasteiger partial charge in [0, 0.05) is 17.1 Å². The van der Waals surface area contributed by atoms with E-state index in [1.807, 2.05) is 60.2 Å². The van der Waals surface area contributed by atoms with E-state index in [4.69, 9.17) is 4.74 Å². The van der Waals surface area contributed by atoms with E-state index >= 15 is 0 Å². The molecule has 1 aliphatic heterocycles. The van der Waals surface area contributed by atoms with Crippen LogP contribution in [0.5, 0.6) is 5.75 Å². The van der Waals surface area contributed by atoms with Crippen LogP contribution in [0.1, 0.15) is 56.4 Å². The molecule has 1 fully saturated rings. The number of aromatic nitrogens is 1. The van der Waals surface area contributed by atoms with Gasteiger partial charge in [-0.15, -0.1) is 11.3 Å².